The number of hydrogen-bond acceptors (Lipinski definition) is 4. The fraction of sp³-hybridized carbons (Fsp3) is 0.250. The van der Waals surface area contributed by atoms with E-state index in [0.29, 0.717) is 0 Å². The van der Waals surface area contributed by atoms with Crippen LogP contribution in [0.4, 0.5) is 0 Å². The molecule has 3 aromatic rings. The van der Waals surface area contributed by atoms with Gasteiger partial charge in [-0.2, -0.15) is 0 Å². The maximum absolute atomic E-state index is 10.0. The van der Waals surface area contributed by atoms with E-state index in [1.807, 2.05) is 18.2 Å². The van der Waals surface area contributed by atoms with E-state index in [9.17, 15) is 4.79 Å². The first-order chi connectivity index (χ1) is 13.2. The van der Waals surface area contributed by atoms with Gasteiger partial charge in [0.15, 0.2) is 5.78 Å². The Morgan fingerprint density at radius 3 is 2.34 bits per heavy atom. The third-order valence-corrected chi connectivity index (χ3v) is 4.53. The number of pyridine rings is 1. The Balaban J connectivity index is 0.000000456. The first-order valence-electron chi connectivity index (χ1n) is 9.04. The quantitative estimate of drug-likeness (QED) is 0.251. The van der Waals surface area contributed by atoms with Gasteiger partial charge >= 0.3 is 0 Å². The summed E-state index contributed by atoms with van der Waals surface area (Å²) in [4.78, 5) is 14.8. The number of ketones is 1. The van der Waals surface area contributed by atoms with E-state index in [2.05, 4.69) is 45.0 Å². The number of methoxy groups -OCH3 is 1. The first-order valence-corrected chi connectivity index (χ1v) is 9.04. The average molecular weight is 569 g/mol. The molecule has 4 nitrogen and oxygen atoms in total. The summed E-state index contributed by atoms with van der Waals surface area (Å²) in [6, 6.07) is 15.3. The van der Waals surface area contributed by atoms with Gasteiger partial charge in [-0.05, 0) is 63.1 Å². The molecule has 1 aromatic heterocycles. The van der Waals surface area contributed by atoms with E-state index in [0.717, 1.165) is 22.5 Å². The summed E-state index contributed by atoms with van der Waals surface area (Å²) in [6.45, 7) is 9.30. The normalized spacial score (nSPS) is 10.6. The number of hydrogen-bond donors (Lipinski definition) is 1. The van der Waals surface area contributed by atoms with Crippen molar-refractivity contribution < 1.29 is 34.7 Å². The van der Waals surface area contributed by atoms with Crippen LogP contribution in [-0.4, -0.2) is 23.0 Å². The Labute approximate surface area is 186 Å². The van der Waals surface area contributed by atoms with Crippen LogP contribution in [0.5, 0.6) is 5.75 Å². The Bertz CT molecular complexity index is 1040. The fourth-order valence-electron chi connectivity index (χ4n) is 2.88. The molecule has 0 spiro atoms. The number of ether oxygens (including phenoxy) is 1. The van der Waals surface area contributed by atoms with Crippen molar-refractivity contribution in [1.82, 2.24) is 4.98 Å². The number of aromatic nitrogens is 1. The number of nitrogens with zero attached hydrogens (tertiary/aromatic N) is 1. The monoisotopic (exact) mass is 569 g/mol. The smallest absolute Gasteiger partial charge is 0.155 e. The summed E-state index contributed by atoms with van der Waals surface area (Å²) in [6.07, 6.45) is 1.17. The third-order valence-electron chi connectivity index (χ3n) is 4.53. The second kappa shape index (κ2) is 10.9. The summed E-state index contributed by atoms with van der Waals surface area (Å²) < 4.78 is 5.27. The van der Waals surface area contributed by atoms with Gasteiger partial charge < -0.3 is 9.84 Å². The molecule has 1 radical (unpaired) electrons. The number of fused-ring (bicyclic) bond motifs is 1. The van der Waals surface area contributed by atoms with Gasteiger partial charge in [0.2, 0.25) is 0 Å². The van der Waals surface area contributed by atoms with Crippen molar-refractivity contribution in [3.05, 3.63) is 71.0 Å². The minimum Gasteiger partial charge on any atom is -0.516 e. The zero-order valence-electron chi connectivity index (χ0n) is 17.6. The van der Waals surface area contributed by atoms with Gasteiger partial charge in [-0.25, -0.2) is 0 Å². The number of benzene rings is 2. The van der Waals surface area contributed by atoms with Gasteiger partial charge in [-0.3, -0.25) is 9.78 Å². The van der Waals surface area contributed by atoms with Gasteiger partial charge in [0.1, 0.15) is 0 Å². The number of rotatable bonds is 3. The van der Waals surface area contributed by atoms with Crippen LogP contribution < -0.4 is 4.74 Å². The van der Waals surface area contributed by atoms with Crippen LogP contribution in [0.3, 0.4) is 0 Å². The molecule has 2 aromatic carbocycles. The average Bonchev–Trinajstić information content (AvgIpc) is 2.65. The van der Waals surface area contributed by atoms with Gasteiger partial charge in [0.05, 0.1) is 18.4 Å². The molecule has 0 aliphatic carbocycles. The molecule has 5 heteroatoms. The molecule has 1 heterocycles. The van der Waals surface area contributed by atoms with E-state index in [1.54, 1.807) is 7.11 Å². The van der Waals surface area contributed by atoms with Crippen LogP contribution in [0.15, 0.2) is 48.2 Å². The molecule has 0 saturated carbocycles. The molecule has 155 valence electrons. The summed E-state index contributed by atoms with van der Waals surface area (Å²) in [5, 5.41) is 9.58. The Kier molecular flexibility index (Phi) is 9.22. The van der Waals surface area contributed by atoms with E-state index in [4.69, 9.17) is 14.8 Å². The van der Waals surface area contributed by atoms with E-state index in [-0.39, 0.29) is 31.6 Å². The van der Waals surface area contributed by atoms with Crippen molar-refractivity contribution in [1.29, 1.82) is 0 Å². The van der Waals surface area contributed by atoms with Crippen molar-refractivity contribution in [2.45, 2.75) is 34.6 Å². The van der Waals surface area contributed by atoms with Crippen LogP contribution in [-0.2, 0) is 24.9 Å². The number of allylic oxidation sites excluding steroid dienone is 2. The third kappa shape index (κ3) is 6.52. The molecule has 3 rings (SSSR count). The number of aliphatic hydroxyl groups is 1. The van der Waals surface area contributed by atoms with Crippen molar-refractivity contribution in [3.63, 3.8) is 0 Å². The van der Waals surface area contributed by atoms with Crippen molar-refractivity contribution >= 4 is 16.7 Å². The molecule has 0 saturated heterocycles. The topological polar surface area (TPSA) is 59.4 Å². The molecule has 0 fully saturated rings. The SMILES string of the molecule is CC(=O)/C=C(/C)O.COc1cc[c-]c(-c2ccc3c(C)c(C)c(C)cc3n2)c1.[Ir]. The molecule has 1 N–H and O–H groups in total. The molecule has 0 unspecified atom stereocenters. The Morgan fingerprint density at radius 1 is 1.10 bits per heavy atom. The molecule has 0 atom stereocenters. The van der Waals surface area contributed by atoms with Crippen LogP contribution >= 0.6 is 0 Å². The number of aliphatic hydroxyl groups excluding tert-OH is 1. The van der Waals surface area contributed by atoms with E-state index in [1.165, 1.54) is 42.0 Å². The minimum absolute atomic E-state index is 0. The van der Waals surface area contributed by atoms with Crippen molar-refractivity contribution in [2.24, 2.45) is 0 Å². The van der Waals surface area contributed by atoms with Gasteiger partial charge in [0, 0.05) is 37.3 Å². The molecule has 0 aliphatic rings. The standard InChI is InChI=1S/C19H18NO.C5H8O2.Ir/c1-12-10-19-17(14(3)13(12)2)8-9-18(20-19)15-6-5-7-16(11-15)21-4;1-4(6)3-5(2)7;/h5,7-11H,1-4H3;3,6H,1-2H3;/q-1;;/b;4-3-;. The van der Waals surface area contributed by atoms with Crippen LogP contribution in [0.1, 0.15) is 30.5 Å². The predicted molar refractivity (Wildman–Crippen MR) is 114 cm³/mol. The molecule has 0 bridgehead atoms. The van der Waals surface area contributed by atoms with Gasteiger partial charge in [-0.15, -0.1) is 29.8 Å². The summed E-state index contributed by atoms with van der Waals surface area (Å²) >= 11 is 0. The Hall–Kier alpha value is -2.49. The maximum Gasteiger partial charge on any atom is 0.155 e. The van der Waals surface area contributed by atoms with E-state index < -0.39 is 0 Å². The predicted octanol–water partition coefficient (Wildman–Crippen LogP) is 5.67. The number of carbonyl (C=O) groups is 1. The van der Waals surface area contributed by atoms with Crippen molar-refractivity contribution in [2.75, 3.05) is 7.11 Å². The van der Waals surface area contributed by atoms with Crippen molar-refractivity contribution in [3.8, 4) is 17.0 Å². The maximum atomic E-state index is 10.0. The zero-order chi connectivity index (χ0) is 20.8. The second-order valence-corrected chi connectivity index (χ2v) is 6.75. The zero-order valence-corrected chi connectivity index (χ0v) is 20.0. The Morgan fingerprint density at radius 2 is 1.79 bits per heavy atom. The summed E-state index contributed by atoms with van der Waals surface area (Å²) in [7, 11) is 1.67. The van der Waals surface area contributed by atoms with Crippen LogP contribution in [0, 0.1) is 26.8 Å². The van der Waals surface area contributed by atoms with Crippen LogP contribution in [0.25, 0.3) is 22.2 Å². The molecular formula is C24H26IrNO3-. The van der Waals surface area contributed by atoms with Gasteiger partial charge in [-0.1, -0.05) is 12.1 Å². The number of carbonyl (C=O) groups excluding carboxylic acids is 1. The summed E-state index contributed by atoms with van der Waals surface area (Å²) in [5.74, 6) is 0.759. The molecular weight excluding hydrogens is 542 g/mol. The van der Waals surface area contributed by atoms with Crippen LogP contribution in [0.2, 0.25) is 0 Å². The summed E-state index contributed by atoms with van der Waals surface area (Å²) in [5.41, 5.74) is 6.82. The molecule has 29 heavy (non-hydrogen) atoms. The largest absolute Gasteiger partial charge is 0.516 e. The number of aryl methyl sites for hydroxylation is 2. The van der Waals surface area contributed by atoms with Gasteiger partial charge in [0.25, 0.3) is 0 Å². The molecule has 0 amide bonds. The minimum atomic E-state index is -0.125. The first kappa shape index (κ1) is 24.5. The second-order valence-electron chi connectivity index (χ2n) is 6.75. The fourth-order valence-corrected chi connectivity index (χ4v) is 2.88. The molecule has 0 aliphatic heterocycles. The van der Waals surface area contributed by atoms with E-state index >= 15 is 0 Å².